The summed E-state index contributed by atoms with van der Waals surface area (Å²) in [4.78, 5) is 31.4. The summed E-state index contributed by atoms with van der Waals surface area (Å²) in [6.45, 7) is 3.96. The van der Waals surface area contributed by atoms with Gasteiger partial charge >= 0.3 is 6.18 Å². The number of nitrogens with one attached hydrogen (secondary N) is 1. The SMILES string of the molecule is Cc1ccc(-n2c(SCC(=O)Nc3ccccc3C(F)(F)F)nc3c(c2=O)[C@H]2CCCC[C@H]2S3)cc1C. The molecule has 2 heterocycles. The minimum absolute atomic E-state index is 0.125. The highest BCUT2D eigenvalue weighted by molar-refractivity contribution is 8.00. The van der Waals surface area contributed by atoms with E-state index < -0.39 is 17.6 Å². The minimum atomic E-state index is -4.59. The summed E-state index contributed by atoms with van der Waals surface area (Å²) in [5, 5.41) is 3.78. The zero-order chi connectivity index (χ0) is 26.3. The highest BCUT2D eigenvalue weighted by atomic mass is 32.2. The molecule has 5 nitrogen and oxygen atoms in total. The van der Waals surface area contributed by atoms with Crippen LogP contribution in [0.25, 0.3) is 5.69 Å². The molecule has 0 unspecified atom stereocenters. The number of benzene rings is 2. The predicted molar refractivity (Wildman–Crippen MR) is 141 cm³/mol. The summed E-state index contributed by atoms with van der Waals surface area (Å²) in [6.07, 6.45) is -0.369. The number of rotatable bonds is 5. The first-order valence-electron chi connectivity index (χ1n) is 12.1. The third-order valence-corrected chi connectivity index (χ3v) is 9.32. The molecule has 0 saturated heterocycles. The third-order valence-electron chi connectivity index (χ3n) is 6.98. The number of aryl methyl sites for hydroxylation is 2. The second-order valence-corrected chi connectivity index (χ2v) is 11.6. The molecule has 0 spiro atoms. The van der Waals surface area contributed by atoms with Crippen LogP contribution in [0.15, 0.2) is 57.4 Å². The highest BCUT2D eigenvalue weighted by Gasteiger charge is 2.39. The van der Waals surface area contributed by atoms with Crippen molar-refractivity contribution in [2.24, 2.45) is 0 Å². The first-order chi connectivity index (χ1) is 17.6. The fraction of sp³-hybridized carbons (Fsp3) is 0.370. The molecule has 2 aromatic carbocycles. The molecule has 0 bridgehead atoms. The number of anilines is 1. The molecule has 1 aliphatic heterocycles. The zero-order valence-corrected chi connectivity index (χ0v) is 22.0. The molecule has 1 saturated carbocycles. The predicted octanol–water partition coefficient (Wildman–Crippen LogP) is 6.73. The van der Waals surface area contributed by atoms with Crippen LogP contribution in [0.2, 0.25) is 0 Å². The van der Waals surface area contributed by atoms with Crippen LogP contribution in [0.3, 0.4) is 0 Å². The van der Waals surface area contributed by atoms with Crippen molar-refractivity contribution in [1.82, 2.24) is 9.55 Å². The molecule has 1 aromatic heterocycles. The molecule has 1 fully saturated rings. The molecule has 1 aliphatic carbocycles. The first kappa shape index (κ1) is 25.9. The van der Waals surface area contributed by atoms with Crippen LogP contribution in [0.5, 0.6) is 0 Å². The number of thioether (sulfide) groups is 2. The number of alkyl halides is 3. The Labute approximate surface area is 221 Å². The quantitative estimate of drug-likeness (QED) is 0.219. The van der Waals surface area contributed by atoms with Crippen molar-refractivity contribution < 1.29 is 18.0 Å². The van der Waals surface area contributed by atoms with Gasteiger partial charge < -0.3 is 5.32 Å². The smallest absolute Gasteiger partial charge is 0.325 e. The van der Waals surface area contributed by atoms with E-state index in [2.05, 4.69) is 5.32 Å². The summed E-state index contributed by atoms with van der Waals surface area (Å²) < 4.78 is 41.6. The van der Waals surface area contributed by atoms with Gasteiger partial charge in [-0.15, -0.1) is 11.8 Å². The van der Waals surface area contributed by atoms with Gasteiger partial charge in [0.2, 0.25) is 5.91 Å². The minimum Gasteiger partial charge on any atom is -0.325 e. The van der Waals surface area contributed by atoms with Crippen LogP contribution in [0, 0.1) is 13.8 Å². The number of nitrogens with zero attached hydrogens (tertiary/aromatic N) is 2. The molecule has 2 aliphatic rings. The summed E-state index contributed by atoms with van der Waals surface area (Å²) in [6, 6.07) is 10.6. The van der Waals surface area contributed by atoms with E-state index >= 15 is 0 Å². The number of carbonyl (C=O) groups excluding carboxylic acids is 1. The van der Waals surface area contributed by atoms with Gasteiger partial charge in [0, 0.05) is 11.2 Å². The second-order valence-electron chi connectivity index (χ2n) is 9.45. The molecular weight excluding hydrogens is 519 g/mol. The fourth-order valence-electron chi connectivity index (χ4n) is 4.96. The molecule has 3 aromatic rings. The third kappa shape index (κ3) is 5.18. The molecule has 2 atom stereocenters. The second kappa shape index (κ2) is 10.2. The lowest BCUT2D eigenvalue weighted by Gasteiger charge is -2.24. The number of aromatic nitrogens is 2. The summed E-state index contributed by atoms with van der Waals surface area (Å²) in [5.74, 6) is -0.628. The van der Waals surface area contributed by atoms with E-state index in [-0.39, 0.29) is 22.9 Å². The zero-order valence-electron chi connectivity index (χ0n) is 20.4. The molecule has 37 heavy (non-hydrogen) atoms. The topological polar surface area (TPSA) is 64.0 Å². The average Bonchev–Trinajstić information content (AvgIpc) is 3.23. The Bertz CT molecular complexity index is 1420. The Morgan fingerprint density at radius 3 is 2.65 bits per heavy atom. The Hall–Kier alpha value is -2.72. The number of carbonyl (C=O) groups is 1. The average molecular weight is 546 g/mol. The maximum Gasteiger partial charge on any atom is 0.418 e. The van der Waals surface area contributed by atoms with Crippen molar-refractivity contribution in [2.45, 2.75) is 67.1 Å². The van der Waals surface area contributed by atoms with E-state index in [9.17, 15) is 22.8 Å². The van der Waals surface area contributed by atoms with Gasteiger partial charge in [-0.1, -0.05) is 42.8 Å². The lowest BCUT2D eigenvalue weighted by Crippen LogP contribution is -2.29. The lowest BCUT2D eigenvalue weighted by atomic mass is 9.85. The van der Waals surface area contributed by atoms with E-state index in [1.54, 1.807) is 16.3 Å². The van der Waals surface area contributed by atoms with Gasteiger partial charge in [-0.3, -0.25) is 14.2 Å². The van der Waals surface area contributed by atoms with Gasteiger partial charge in [0.15, 0.2) is 5.16 Å². The normalized spacial score (nSPS) is 18.8. The van der Waals surface area contributed by atoms with Gasteiger partial charge in [0.25, 0.3) is 5.56 Å². The Balaban J connectivity index is 1.48. The summed E-state index contributed by atoms with van der Waals surface area (Å²) >= 11 is 2.69. The van der Waals surface area contributed by atoms with Crippen molar-refractivity contribution in [1.29, 1.82) is 0 Å². The van der Waals surface area contributed by atoms with Crippen molar-refractivity contribution in [3.63, 3.8) is 0 Å². The number of amides is 1. The van der Waals surface area contributed by atoms with Crippen molar-refractivity contribution >= 4 is 35.1 Å². The number of fused-ring (bicyclic) bond motifs is 3. The maximum atomic E-state index is 13.9. The van der Waals surface area contributed by atoms with Crippen LogP contribution in [-0.4, -0.2) is 26.5 Å². The molecule has 0 radical (unpaired) electrons. The summed E-state index contributed by atoms with van der Waals surface area (Å²) in [7, 11) is 0. The fourth-order valence-corrected chi connectivity index (χ4v) is 7.34. The van der Waals surface area contributed by atoms with Crippen LogP contribution >= 0.6 is 23.5 Å². The number of para-hydroxylation sites is 1. The van der Waals surface area contributed by atoms with Gasteiger partial charge in [-0.25, -0.2) is 4.98 Å². The standard InChI is InChI=1S/C27H26F3N3O2S2/c1-15-11-12-17(13-16(15)2)33-25(35)23-18-7-3-6-10-21(18)37-24(23)32-26(33)36-14-22(34)31-20-9-5-4-8-19(20)27(28,29)30/h4-5,8-9,11-13,18,21H,3,6-7,10,14H2,1-2H3,(H,31,34)/t18-,21+/m0/s1. The van der Waals surface area contributed by atoms with Gasteiger partial charge in [-0.05, 0) is 62.1 Å². The van der Waals surface area contributed by atoms with Crippen molar-refractivity contribution in [3.05, 3.63) is 75.1 Å². The lowest BCUT2D eigenvalue weighted by molar-refractivity contribution is -0.137. The van der Waals surface area contributed by atoms with Gasteiger partial charge in [0.05, 0.1) is 28.3 Å². The largest absolute Gasteiger partial charge is 0.418 e. The highest BCUT2D eigenvalue weighted by Crippen LogP contribution is 2.50. The van der Waals surface area contributed by atoms with Crippen LogP contribution in [0.1, 0.15) is 53.9 Å². The molecule has 1 N–H and O–H groups in total. The van der Waals surface area contributed by atoms with E-state index in [0.717, 1.165) is 60.2 Å². The molecule has 5 rings (SSSR count). The summed E-state index contributed by atoms with van der Waals surface area (Å²) in [5.41, 5.74) is 2.20. The number of hydrogen-bond acceptors (Lipinski definition) is 5. The molecular formula is C27H26F3N3O2S2. The van der Waals surface area contributed by atoms with Crippen molar-refractivity contribution in [3.8, 4) is 5.69 Å². The molecule has 10 heteroatoms. The van der Waals surface area contributed by atoms with Crippen LogP contribution < -0.4 is 10.9 Å². The molecule has 1 amide bonds. The Kier molecular flexibility index (Phi) is 7.15. The number of hydrogen-bond donors (Lipinski definition) is 1. The van der Waals surface area contributed by atoms with E-state index in [0.29, 0.717) is 21.1 Å². The Morgan fingerprint density at radius 1 is 1.14 bits per heavy atom. The number of halogens is 3. The first-order valence-corrected chi connectivity index (χ1v) is 14.0. The maximum absolute atomic E-state index is 13.9. The molecule has 194 valence electrons. The van der Waals surface area contributed by atoms with E-state index in [1.165, 1.54) is 18.2 Å². The Morgan fingerprint density at radius 2 is 1.89 bits per heavy atom. The monoisotopic (exact) mass is 545 g/mol. The van der Waals surface area contributed by atoms with Gasteiger partial charge in [-0.2, -0.15) is 13.2 Å². The van der Waals surface area contributed by atoms with Gasteiger partial charge in [0.1, 0.15) is 5.03 Å². The van der Waals surface area contributed by atoms with E-state index in [1.807, 2.05) is 32.0 Å². The van der Waals surface area contributed by atoms with Crippen LogP contribution in [0.4, 0.5) is 18.9 Å². The van der Waals surface area contributed by atoms with E-state index in [4.69, 9.17) is 4.98 Å². The van der Waals surface area contributed by atoms with Crippen molar-refractivity contribution in [2.75, 3.05) is 11.1 Å². The van der Waals surface area contributed by atoms with Crippen LogP contribution in [-0.2, 0) is 11.0 Å².